The number of hydrogen-bond acceptors (Lipinski definition) is 6. The molecule has 0 spiro atoms. The number of carbonyl (C=O) groups is 2. The van der Waals surface area contributed by atoms with Gasteiger partial charge in [0.25, 0.3) is 5.91 Å². The highest BCUT2D eigenvalue weighted by molar-refractivity contribution is 8.19. The summed E-state index contributed by atoms with van der Waals surface area (Å²) in [5.74, 6) is -1.20. The third kappa shape index (κ3) is 4.03. The Morgan fingerprint density at radius 2 is 1.64 bits per heavy atom. The van der Waals surface area contributed by atoms with Crippen LogP contribution in [0.3, 0.4) is 0 Å². The zero-order valence-corrected chi connectivity index (χ0v) is 19.3. The molecule has 3 aromatic rings. The number of fused-ring (bicyclic) bond motifs is 1. The molecule has 2 heterocycles. The second-order valence-corrected chi connectivity index (χ2v) is 9.47. The minimum atomic E-state index is -1.06. The number of carbonyl (C=O) groups excluding carboxylic acids is 1. The van der Waals surface area contributed by atoms with Crippen molar-refractivity contribution in [1.82, 2.24) is 4.90 Å². The van der Waals surface area contributed by atoms with E-state index in [1.807, 2.05) is 66.5 Å². The minimum Gasteiger partial charge on any atom is -0.478 e. The Morgan fingerprint density at radius 3 is 2.39 bits per heavy atom. The second kappa shape index (κ2) is 8.80. The first-order valence-corrected chi connectivity index (χ1v) is 11.9. The van der Waals surface area contributed by atoms with Gasteiger partial charge in [-0.3, -0.25) is 9.69 Å². The van der Waals surface area contributed by atoms with Crippen LogP contribution in [-0.2, 0) is 11.3 Å². The number of amidine groups is 1. The highest BCUT2D eigenvalue weighted by atomic mass is 32.2. The van der Waals surface area contributed by atoms with Gasteiger partial charge in [-0.25, -0.2) is 9.79 Å². The standard InChI is InChI=1S/C25H19N3O3S2/c1-27-19-13-7-8-14-20(19)32-23(27)21-22(29)28(15-16-9-3-2-4-10-16)25(33-21)26-18-12-6-5-11-17(18)24(30)31/h2-14H,15H2,1H3,(H,30,31)/b23-21-,26-25+. The van der Waals surface area contributed by atoms with Crippen LogP contribution in [-0.4, -0.2) is 34.1 Å². The molecule has 2 aliphatic rings. The third-order valence-electron chi connectivity index (χ3n) is 5.33. The maximum atomic E-state index is 13.6. The fourth-order valence-corrected chi connectivity index (χ4v) is 6.02. The number of anilines is 1. The number of aliphatic imine (C=N–C) groups is 1. The molecule has 0 saturated carbocycles. The summed E-state index contributed by atoms with van der Waals surface area (Å²) in [7, 11) is 1.95. The molecule has 8 heteroatoms. The minimum absolute atomic E-state index is 0.0959. The first kappa shape index (κ1) is 21.4. The van der Waals surface area contributed by atoms with Gasteiger partial charge in [0, 0.05) is 11.9 Å². The van der Waals surface area contributed by atoms with Gasteiger partial charge in [0.1, 0.15) is 4.91 Å². The van der Waals surface area contributed by atoms with E-state index >= 15 is 0 Å². The molecule has 0 bridgehead atoms. The number of carboxylic acid groups (broad SMARTS) is 1. The molecule has 0 unspecified atom stereocenters. The molecule has 0 aliphatic carbocycles. The molecule has 0 radical (unpaired) electrons. The van der Waals surface area contributed by atoms with Crippen LogP contribution >= 0.6 is 23.5 Å². The number of para-hydroxylation sites is 2. The van der Waals surface area contributed by atoms with Crippen LogP contribution < -0.4 is 4.90 Å². The van der Waals surface area contributed by atoms with Crippen molar-refractivity contribution >= 4 is 51.9 Å². The molecule has 1 N–H and O–H groups in total. The summed E-state index contributed by atoms with van der Waals surface area (Å²) in [4.78, 5) is 35.3. The molecule has 6 nitrogen and oxygen atoms in total. The van der Waals surface area contributed by atoms with Crippen molar-refractivity contribution in [3.8, 4) is 0 Å². The number of rotatable bonds is 4. The predicted molar refractivity (Wildman–Crippen MR) is 133 cm³/mol. The summed E-state index contributed by atoms with van der Waals surface area (Å²) >= 11 is 2.84. The number of nitrogens with zero attached hydrogens (tertiary/aromatic N) is 3. The highest BCUT2D eigenvalue weighted by Crippen LogP contribution is 2.50. The largest absolute Gasteiger partial charge is 0.478 e. The van der Waals surface area contributed by atoms with Gasteiger partial charge in [-0.1, -0.05) is 66.4 Å². The highest BCUT2D eigenvalue weighted by Gasteiger charge is 2.39. The van der Waals surface area contributed by atoms with Gasteiger partial charge in [0.2, 0.25) is 0 Å². The van der Waals surface area contributed by atoms with E-state index in [1.54, 1.807) is 34.9 Å². The number of benzene rings is 3. The molecule has 0 aromatic heterocycles. The molecule has 0 atom stereocenters. The molecule has 164 valence electrons. The van der Waals surface area contributed by atoms with Crippen molar-refractivity contribution in [1.29, 1.82) is 0 Å². The van der Waals surface area contributed by atoms with E-state index in [1.165, 1.54) is 17.8 Å². The van der Waals surface area contributed by atoms with E-state index in [4.69, 9.17) is 0 Å². The third-order valence-corrected chi connectivity index (χ3v) is 7.76. The van der Waals surface area contributed by atoms with Gasteiger partial charge in [0.15, 0.2) is 5.17 Å². The Hall–Kier alpha value is -3.49. The second-order valence-electron chi connectivity index (χ2n) is 7.46. The van der Waals surface area contributed by atoms with Crippen LogP contribution in [0.5, 0.6) is 0 Å². The summed E-state index contributed by atoms with van der Waals surface area (Å²) in [5, 5.41) is 10.9. The van der Waals surface area contributed by atoms with Gasteiger partial charge >= 0.3 is 5.97 Å². The zero-order valence-electron chi connectivity index (χ0n) is 17.6. The van der Waals surface area contributed by atoms with Gasteiger partial charge in [0.05, 0.1) is 28.5 Å². The van der Waals surface area contributed by atoms with Crippen LogP contribution in [0.25, 0.3) is 0 Å². The van der Waals surface area contributed by atoms with E-state index < -0.39 is 5.97 Å². The molecular formula is C25H19N3O3S2. The van der Waals surface area contributed by atoms with Crippen molar-refractivity contribution in [2.45, 2.75) is 11.4 Å². The van der Waals surface area contributed by atoms with E-state index in [-0.39, 0.29) is 11.5 Å². The van der Waals surface area contributed by atoms with E-state index in [9.17, 15) is 14.7 Å². The van der Waals surface area contributed by atoms with E-state index in [2.05, 4.69) is 4.99 Å². The molecule has 33 heavy (non-hydrogen) atoms. The summed E-state index contributed by atoms with van der Waals surface area (Å²) in [5.41, 5.74) is 2.43. The topological polar surface area (TPSA) is 73.2 Å². The Morgan fingerprint density at radius 1 is 0.939 bits per heavy atom. The fraction of sp³-hybridized carbons (Fsp3) is 0.0800. The van der Waals surface area contributed by atoms with Crippen LogP contribution in [0.4, 0.5) is 11.4 Å². The van der Waals surface area contributed by atoms with Crippen molar-refractivity contribution in [2.75, 3.05) is 11.9 Å². The van der Waals surface area contributed by atoms with Crippen molar-refractivity contribution in [2.24, 2.45) is 4.99 Å². The lowest BCUT2D eigenvalue weighted by Crippen LogP contribution is -2.29. The van der Waals surface area contributed by atoms with Gasteiger partial charge in [-0.15, -0.1) is 0 Å². The average molecular weight is 474 g/mol. The normalized spacial score (nSPS) is 18.8. The van der Waals surface area contributed by atoms with Crippen LogP contribution in [0, 0.1) is 0 Å². The summed E-state index contributed by atoms with van der Waals surface area (Å²) in [6, 6.07) is 24.3. The summed E-state index contributed by atoms with van der Waals surface area (Å²) < 4.78 is 0. The van der Waals surface area contributed by atoms with Crippen molar-refractivity contribution in [3.05, 3.63) is 99.9 Å². The molecule has 1 saturated heterocycles. The summed E-state index contributed by atoms with van der Waals surface area (Å²) in [6.45, 7) is 0.346. The Kier molecular flexibility index (Phi) is 5.70. The van der Waals surface area contributed by atoms with E-state index in [0.29, 0.717) is 22.3 Å². The predicted octanol–water partition coefficient (Wildman–Crippen LogP) is 5.56. The first-order valence-electron chi connectivity index (χ1n) is 10.2. The Balaban J connectivity index is 1.59. The van der Waals surface area contributed by atoms with Gasteiger partial charge < -0.3 is 10.0 Å². The van der Waals surface area contributed by atoms with Crippen LogP contribution in [0.15, 0.2) is 98.7 Å². The lowest BCUT2D eigenvalue weighted by Gasteiger charge is -2.17. The van der Waals surface area contributed by atoms with E-state index in [0.717, 1.165) is 21.2 Å². The first-order chi connectivity index (χ1) is 16.0. The summed E-state index contributed by atoms with van der Waals surface area (Å²) in [6.07, 6.45) is 0. The number of hydrogen-bond donors (Lipinski definition) is 1. The average Bonchev–Trinajstić information content (AvgIpc) is 3.32. The smallest absolute Gasteiger partial charge is 0.337 e. The van der Waals surface area contributed by atoms with Crippen LogP contribution in [0.1, 0.15) is 15.9 Å². The van der Waals surface area contributed by atoms with Gasteiger partial charge in [-0.2, -0.15) is 0 Å². The van der Waals surface area contributed by atoms with Crippen LogP contribution in [0.2, 0.25) is 0 Å². The number of amides is 1. The number of carboxylic acids is 1. The van der Waals surface area contributed by atoms with Crippen molar-refractivity contribution in [3.63, 3.8) is 0 Å². The molecule has 5 rings (SSSR count). The van der Waals surface area contributed by atoms with Crippen molar-refractivity contribution < 1.29 is 14.7 Å². The molecular weight excluding hydrogens is 454 g/mol. The Labute approximate surface area is 199 Å². The fourth-order valence-electron chi connectivity index (χ4n) is 3.68. The van der Waals surface area contributed by atoms with Gasteiger partial charge in [-0.05, 0) is 41.6 Å². The number of aromatic carboxylic acids is 1. The Bertz CT molecular complexity index is 1320. The maximum Gasteiger partial charge on any atom is 0.337 e. The maximum absolute atomic E-state index is 13.6. The lowest BCUT2D eigenvalue weighted by molar-refractivity contribution is -0.122. The molecule has 1 fully saturated rings. The SMILES string of the molecule is CN1/C(=C2/S/C(=N/c3ccccc3C(=O)O)N(Cc3ccccc3)C2=O)Sc2ccccc21. The quantitative estimate of drug-likeness (QED) is 0.500. The molecule has 1 amide bonds. The zero-order chi connectivity index (χ0) is 22.9. The molecule has 3 aromatic carbocycles. The lowest BCUT2D eigenvalue weighted by atomic mass is 10.2. The number of thioether (sulfide) groups is 2. The molecule has 2 aliphatic heterocycles. The monoisotopic (exact) mass is 473 g/mol.